The van der Waals surface area contributed by atoms with E-state index in [9.17, 15) is 4.79 Å². The quantitative estimate of drug-likeness (QED) is 0.757. The Morgan fingerprint density at radius 2 is 2.38 bits per heavy atom. The second-order valence-corrected chi connectivity index (χ2v) is 5.81. The topological polar surface area (TPSA) is 33.2 Å². The second kappa shape index (κ2) is 5.06. The van der Waals surface area contributed by atoms with Gasteiger partial charge in [-0.2, -0.15) is 0 Å². The molecular weight excluding hydrogens is 220 g/mol. The minimum atomic E-state index is 0.232. The van der Waals surface area contributed by atoms with Crippen LogP contribution in [0.1, 0.15) is 28.4 Å². The third-order valence-corrected chi connectivity index (χ3v) is 4.22. The van der Waals surface area contributed by atoms with Crippen LogP contribution in [0, 0.1) is 19.8 Å². The van der Waals surface area contributed by atoms with Gasteiger partial charge in [0.05, 0.1) is 12.2 Å². The van der Waals surface area contributed by atoms with E-state index in [4.69, 9.17) is 0 Å². The average Bonchev–Trinajstić information content (AvgIpc) is 2.58. The van der Waals surface area contributed by atoms with Crippen molar-refractivity contribution in [2.45, 2.75) is 33.2 Å². The minimum Gasteiger partial charge on any atom is -0.303 e. The molecule has 0 aromatic carbocycles. The van der Waals surface area contributed by atoms with E-state index in [1.165, 1.54) is 9.88 Å². The summed E-state index contributed by atoms with van der Waals surface area (Å²) >= 11 is 1.78. The fourth-order valence-corrected chi connectivity index (χ4v) is 3.12. The maximum atomic E-state index is 10.8. The SMILES string of the molecule is Cc1nc(CN2CCCC(C=O)C2)sc1C. The van der Waals surface area contributed by atoms with E-state index in [2.05, 4.69) is 23.7 Å². The molecule has 1 aromatic heterocycles. The van der Waals surface area contributed by atoms with Crippen molar-refractivity contribution in [3.8, 4) is 0 Å². The molecule has 1 atom stereocenters. The lowest BCUT2D eigenvalue weighted by molar-refractivity contribution is -0.112. The number of likely N-dealkylation sites (tertiary alicyclic amines) is 1. The van der Waals surface area contributed by atoms with E-state index in [1.54, 1.807) is 11.3 Å². The van der Waals surface area contributed by atoms with Gasteiger partial charge >= 0.3 is 0 Å². The Kier molecular flexibility index (Phi) is 3.71. The number of rotatable bonds is 3. The fraction of sp³-hybridized carbons (Fsp3) is 0.667. The van der Waals surface area contributed by atoms with Crippen LogP contribution in [-0.2, 0) is 11.3 Å². The van der Waals surface area contributed by atoms with Crippen LogP contribution >= 0.6 is 11.3 Å². The fourth-order valence-electron chi connectivity index (χ4n) is 2.14. The predicted octanol–water partition coefficient (Wildman–Crippen LogP) is 2.17. The monoisotopic (exact) mass is 238 g/mol. The molecule has 0 spiro atoms. The van der Waals surface area contributed by atoms with Gasteiger partial charge in [-0.05, 0) is 33.2 Å². The lowest BCUT2D eigenvalue weighted by atomic mass is 10.00. The molecule has 0 amide bonds. The highest BCUT2D eigenvalue weighted by Gasteiger charge is 2.20. The van der Waals surface area contributed by atoms with Crippen molar-refractivity contribution in [2.75, 3.05) is 13.1 Å². The van der Waals surface area contributed by atoms with Crippen molar-refractivity contribution >= 4 is 17.6 Å². The predicted molar refractivity (Wildman–Crippen MR) is 65.7 cm³/mol. The van der Waals surface area contributed by atoms with Gasteiger partial charge in [-0.25, -0.2) is 4.98 Å². The summed E-state index contributed by atoms with van der Waals surface area (Å²) in [7, 11) is 0. The number of thiazole rings is 1. The highest BCUT2D eigenvalue weighted by molar-refractivity contribution is 7.11. The van der Waals surface area contributed by atoms with Gasteiger partial charge in [-0.1, -0.05) is 0 Å². The normalized spacial score (nSPS) is 22.2. The zero-order valence-electron chi connectivity index (χ0n) is 9.90. The van der Waals surface area contributed by atoms with Crippen molar-refractivity contribution in [3.63, 3.8) is 0 Å². The number of hydrogen-bond acceptors (Lipinski definition) is 4. The van der Waals surface area contributed by atoms with E-state index < -0.39 is 0 Å². The van der Waals surface area contributed by atoms with Gasteiger partial charge in [-0.15, -0.1) is 11.3 Å². The molecule has 2 heterocycles. The van der Waals surface area contributed by atoms with Crippen molar-refractivity contribution in [2.24, 2.45) is 5.92 Å². The summed E-state index contributed by atoms with van der Waals surface area (Å²) in [6.07, 6.45) is 3.28. The average molecular weight is 238 g/mol. The van der Waals surface area contributed by atoms with Gasteiger partial charge in [0.1, 0.15) is 11.3 Å². The first-order valence-electron chi connectivity index (χ1n) is 5.79. The molecule has 88 valence electrons. The van der Waals surface area contributed by atoms with Gasteiger partial charge in [0.2, 0.25) is 0 Å². The minimum absolute atomic E-state index is 0.232. The highest BCUT2D eigenvalue weighted by atomic mass is 32.1. The zero-order valence-corrected chi connectivity index (χ0v) is 10.7. The van der Waals surface area contributed by atoms with Crippen LogP contribution < -0.4 is 0 Å². The summed E-state index contributed by atoms with van der Waals surface area (Å²) in [6, 6.07) is 0. The van der Waals surface area contributed by atoms with Gasteiger partial charge in [0.25, 0.3) is 0 Å². The first-order chi connectivity index (χ1) is 7.69. The van der Waals surface area contributed by atoms with Gasteiger partial charge in [0, 0.05) is 17.3 Å². The van der Waals surface area contributed by atoms with Crippen LogP contribution in [0.4, 0.5) is 0 Å². The molecule has 1 aliphatic heterocycles. The summed E-state index contributed by atoms with van der Waals surface area (Å²) in [5.41, 5.74) is 1.14. The number of aldehydes is 1. The second-order valence-electron chi connectivity index (χ2n) is 4.52. The van der Waals surface area contributed by atoms with Crippen LogP contribution in [0.3, 0.4) is 0 Å². The number of hydrogen-bond donors (Lipinski definition) is 0. The first kappa shape index (κ1) is 11.7. The van der Waals surface area contributed by atoms with E-state index in [0.29, 0.717) is 0 Å². The number of carbonyl (C=O) groups is 1. The Morgan fingerprint density at radius 1 is 1.56 bits per heavy atom. The highest BCUT2D eigenvalue weighted by Crippen LogP contribution is 2.21. The molecule has 4 heteroatoms. The third kappa shape index (κ3) is 2.68. The maximum Gasteiger partial charge on any atom is 0.124 e. The number of nitrogens with zero attached hydrogens (tertiary/aromatic N) is 2. The molecule has 0 saturated carbocycles. The molecule has 0 aliphatic carbocycles. The molecule has 1 saturated heterocycles. The van der Waals surface area contributed by atoms with E-state index >= 15 is 0 Å². The Morgan fingerprint density at radius 3 is 3.00 bits per heavy atom. The van der Waals surface area contributed by atoms with E-state index in [1.807, 2.05) is 0 Å². The molecular formula is C12H18N2OS. The van der Waals surface area contributed by atoms with Crippen LogP contribution in [0.25, 0.3) is 0 Å². The van der Waals surface area contributed by atoms with Crippen LogP contribution in [0.2, 0.25) is 0 Å². The van der Waals surface area contributed by atoms with Crippen molar-refractivity contribution in [1.82, 2.24) is 9.88 Å². The summed E-state index contributed by atoms with van der Waals surface area (Å²) in [5, 5.41) is 1.18. The molecule has 1 unspecified atom stereocenters. The van der Waals surface area contributed by atoms with Gasteiger partial charge < -0.3 is 4.79 Å². The first-order valence-corrected chi connectivity index (χ1v) is 6.61. The van der Waals surface area contributed by atoms with Crippen molar-refractivity contribution in [1.29, 1.82) is 0 Å². The summed E-state index contributed by atoms with van der Waals surface area (Å²) < 4.78 is 0. The van der Waals surface area contributed by atoms with Gasteiger partial charge in [0.15, 0.2) is 0 Å². The van der Waals surface area contributed by atoms with Crippen LogP contribution in [0.15, 0.2) is 0 Å². The number of carbonyl (C=O) groups excluding carboxylic acids is 1. The summed E-state index contributed by atoms with van der Waals surface area (Å²) in [5.74, 6) is 0.232. The standard InChI is InChI=1S/C12H18N2OS/c1-9-10(2)16-12(13-9)7-14-5-3-4-11(6-14)8-15/h8,11H,3-7H2,1-2H3. The number of piperidine rings is 1. The molecule has 3 nitrogen and oxygen atoms in total. The molecule has 16 heavy (non-hydrogen) atoms. The maximum absolute atomic E-state index is 10.8. The van der Waals surface area contributed by atoms with Crippen molar-refractivity contribution in [3.05, 3.63) is 15.6 Å². The largest absolute Gasteiger partial charge is 0.303 e. The third-order valence-electron chi connectivity index (χ3n) is 3.17. The summed E-state index contributed by atoms with van der Waals surface area (Å²) in [6.45, 7) is 7.08. The van der Waals surface area contributed by atoms with Crippen LogP contribution in [-0.4, -0.2) is 29.3 Å². The number of aromatic nitrogens is 1. The Hall–Kier alpha value is -0.740. The molecule has 0 radical (unpaired) electrons. The molecule has 1 fully saturated rings. The molecule has 1 aliphatic rings. The lowest BCUT2D eigenvalue weighted by Gasteiger charge is -2.29. The Labute approximate surface area is 100 Å². The molecule has 2 rings (SSSR count). The van der Waals surface area contributed by atoms with Gasteiger partial charge in [-0.3, -0.25) is 4.90 Å². The molecule has 1 aromatic rings. The molecule has 0 N–H and O–H groups in total. The van der Waals surface area contributed by atoms with Crippen LogP contribution in [0.5, 0.6) is 0 Å². The zero-order chi connectivity index (χ0) is 11.5. The van der Waals surface area contributed by atoms with E-state index in [0.717, 1.165) is 44.5 Å². The number of aryl methyl sites for hydroxylation is 2. The molecule has 0 bridgehead atoms. The lowest BCUT2D eigenvalue weighted by Crippen LogP contribution is -2.35. The Bertz CT molecular complexity index is 356. The Balaban J connectivity index is 1.96. The van der Waals surface area contributed by atoms with E-state index in [-0.39, 0.29) is 5.92 Å². The summed E-state index contributed by atoms with van der Waals surface area (Å²) in [4.78, 5) is 19.0. The van der Waals surface area contributed by atoms with Crippen molar-refractivity contribution < 1.29 is 4.79 Å². The smallest absolute Gasteiger partial charge is 0.124 e.